The number of aliphatic hydroxyl groups excluding tert-OH is 1. The fraction of sp³-hybridized carbons (Fsp3) is 0.583. The number of carbonyl (C=O) groups excluding carboxylic acids is 1. The molecule has 0 spiro atoms. The molecule has 0 radical (unpaired) electrons. The summed E-state index contributed by atoms with van der Waals surface area (Å²) in [5.41, 5.74) is 11.9. The van der Waals surface area contributed by atoms with E-state index in [0.29, 0.717) is 16.5 Å². The maximum absolute atomic E-state index is 11.4. The fourth-order valence-electron chi connectivity index (χ4n) is 2.32. The number of aliphatic hydroxyl groups is 1. The molecule has 1 aromatic rings. The maximum Gasteiger partial charge on any atom is 0.261 e. The molecule has 0 bridgehead atoms. The fourth-order valence-corrected chi connectivity index (χ4v) is 4.41. The van der Waals surface area contributed by atoms with Gasteiger partial charge in [-0.05, 0) is 25.0 Å². The number of carbonyl (C=O) groups is 1. The zero-order valence-corrected chi connectivity index (χ0v) is 12.5. The van der Waals surface area contributed by atoms with Gasteiger partial charge >= 0.3 is 0 Å². The maximum atomic E-state index is 11.4. The van der Waals surface area contributed by atoms with Gasteiger partial charge in [-0.15, -0.1) is 23.1 Å². The van der Waals surface area contributed by atoms with Crippen LogP contribution in [0.3, 0.4) is 0 Å². The third kappa shape index (κ3) is 2.82. The van der Waals surface area contributed by atoms with Gasteiger partial charge in [0.1, 0.15) is 9.88 Å². The highest BCUT2D eigenvalue weighted by molar-refractivity contribution is 7.99. The topological polar surface area (TPSA) is 92.6 Å². The predicted octanol–water partition coefficient (Wildman–Crippen LogP) is 1.36. The number of anilines is 2. The molecule has 0 unspecified atom stereocenters. The standard InChI is InChI=1S/C12H19N3O2S2/c1-18-10-8(13)9(11(14)17)19-12(10)15-4-2-7(6-16)3-5-15/h7,16H,2-6,13H2,1H3,(H2,14,17). The number of nitrogen functional groups attached to an aromatic ring is 1. The second-order valence-electron chi connectivity index (χ2n) is 4.66. The van der Waals surface area contributed by atoms with Crippen LogP contribution in [-0.2, 0) is 0 Å². The van der Waals surface area contributed by atoms with Crippen LogP contribution in [0.1, 0.15) is 22.5 Å². The van der Waals surface area contributed by atoms with Crippen molar-refractivity contribution < 1.29 is 9.90 Å². The predicted molar refractivity (Wildman–Crippen MR) is 81.1 cm³/mol. The molecule has 0 saturated carbocycles. The third-order valence-corrected chi connectivity index (χ3v) is 5.70. The van der Waals surface area contributed by atoms with Crippen LogP contribution in [0.5, 0.6) is 0 Å². The van der Waals surface area contributed by atoms with Crippen molar-refractivity contribution >= 4 is 39.7 Å². The molecule has 0 aromatic carbocycles. The normalized spacial score (nSPS) is 16.8. The summed E-state index contributed by atoms with van der Waals surface area (Å²) in [6.45, 7) is 2.02. The third-order valence-electron chi connectivity index (χ3n) is 3.47. The van der Waals surface area contributed by atoms with Crippen LogP contribution in [0.2, 0.25) is 0 Å². The number of rotatable bonds is 4. The summed E-state index contributed by atoms with van der Waals surface area (Å²) in [7, 11) is 0. The first-order valence-corrected chi connectivity index (χ1v) is 8.24. The molecule has 5 N–H and O–H groups in total. The Morgan fingerprint density at radius 2 is 2.16 bits per heavy atom. The molecule has 1 fully saturated rings. The smallest absolute Gasteiger partial charge is 0.261 e. The van der Waals surface area contributed by atoms with Crippen molar-refractivity contribution in [2.45, 2.75) is 17.7 Å². The molecule has 1 aromatic heterocycles. The van der Waals surface area contributed by atoms with Gasteiger partial charge < -0.3 is 21.5 Å². The zero-order chi connectivity index (χ0) is 14.0. The minimum Gasteiger partial charge on any atom is -0.396 e. The van der Waals surface area contributed by atoms with Crippen molar-refractivity contribution in [1.29, 1.82) is 0 Å². The minimum atomic E-state index is -0.464. The number of thiophene rings is 1. The van der Waals surface area contributed by atoms with Gasteiger partial charge in [-0.2, -0.15) is 0 Å². The number of nitrogens with two attached hydrogens (primary N) is 2. The minimum absolute atomic E-state index is 0.252. The molecule has 2 heterocycles. The Morgan fingerprint density at radius 3 is 2.63 bits per heavy atom. The van der Waals surface area contributed by atoms with Crippen molar-refractivity contribution in [3.05, 3.63) is 4.88 Å². The lowest BCUT2D eigenvalue weighted by molar-refractivity contribution is 0.100. The molecule has 1 aliphatic heterocycles. The first-order chi connectivity index (χ1) is 9.08. The largest absolute Gasteiger partial charge is 0.396 e. The van der Waals surface area contributed by atoms with Crippen LogP contribution in [0.15, 0.2) is 4.90 Å². The Morgan fingerprint density at radius 1 is 1.53 bits per heavy atom. The van der Waals surface area contributed by atoms with E-state index in [2.05, 4.69) is 4.90 Å². The summed E-state index contributed by atoms with van der Waals surface area (Å²) in [4.78, 5) is 15.0. The summed E-state index contributed by atoms with van der Waals surface area (Å²) < 4.78 is 0. The van der Waals surface area contributed by atoms with Crippen LogP contribution in [0.4, 0.5) is 10.7 Å². The lowest BCUT2D eigenvalue weighted by atomic mass is 9.98. The Bertz CT molecular complexity index is 468. The lowest BCUT2D eigenvalue weighted by Gasteiger charge is -2.32. The van der Waals surface area contributed by atoms with Crippen LogP contribution in [-0.4, -0.2) is 37.0 Å². The van der Waals surface area contributed by atoms with E-state index in [0.717, 1.165) is 35.8 Å². The molecule has 7 heteroatoms. The molecular weight excluding hydrogens is 282 g/mol. The average Bonchev–Trinajstić information content (AvgIpc) is 2.76. The van der Waals surface area contributed by atoms with E-state index >= 15 is 0 Å². The number of hydrogen-bond acceptors (Lipinski definition) is 6. The summed E-state index contributed by atoms with van der Waals surface area (Å²) in [5.74, 6) is -0.0730. The first-order valence-electron chi connectivity index (χ1n) is 6.20. The molecule has 0 atom stereocenters. The highest BCUT2D eigenvalue weighted by Gasteiger charge is 2.26. The van der Waals surface area contributed by atoms with E-state index in [1.165, 1.54) is 11.3 Å². The average molecular weight is 301 g/mol. The Kier molecular flexibility index (Phi) is 4.59. The second-order valence-corrected chi connectivity index (χ2v) is 6.48. The SMILES string of the molecule is CSc1c(N2CCC(CO)CC2)sc(C(N)=O)c1N. The van der Waals surface area contributed by atoms with E-state index in [9.17, 15) is 4.79 Å². The van der Waals surface area contributed by atoms with Gasteiger partial charge in [0.05, 0.1) is 10.6 Å². The van der Waals surface area contributed by atoms with Crippen LogP contribution >= 0.6 is 23.1 Å². The molecule has 106 valence electrons. The van der Waals surface area contributed by atoms with E-state index in [1.54, 1.807) is 11.8 Å². The number of nitrogens with zero attached hydrogens (tertiary/aromatic N) is 1. The number of amides is 1. The van der Waals surface area contributed by atoms with Gasteiger partial charge in [-0.1, -0.05) is 0 Å². The highest BCUT2D eigenvalue weighted by atomic mass is 32.2. The van der Waals surface area contributed by atoms with Gasteiger partial charge in [0, 0.05) is 19.7 Å². The number of thioether (sulfide) groups is 1. The van der Waals surface area contributed by atoms with Gasteiger partial charge in [-0.25, -0.2) is 0 Å². The molecule has 0 aliphatic carbocycles. The van der Waals surface area contributed by atoms with Crippen molar-refractivity contribution in [2.24, 2.45) is 11.7 Å². The summed E-state index contributed by atoms with van der Waals surface area (Å²) >= 11 is 2.92. The van der Waals surface area contributed by atoms with Gasteiger partial charge in [-0.3, -0.25) is 4.79 Å². The number of hydrogen-bond donors (Lipinski definition) is 3. The monoisotopic (exact) mass is 301 g/mol. The van der Waals surface area contributed by atoms with Crippen molar-refractivity contribution in [3.8, 4) is 0 Å². The quantitative estimate of drug-likeness (QED) is 0.730. The summed E-state index contributed by atoms with van der Waals surface area (Å²) in [6.07, 6.45) is 3.88. The Balaban J connectivity index is 2.25. The second kappa shape index (κ2) is 6.02. The summed E-state index contributed by atoms with van der Waals surface area (Å²) in [5, 5.41) is 10.2. The molecular formula is C12H19N3O2S2. The van der Waals surface area contributed by atoms with E-state index in [1.807, 2.05) is 6.26 Å². The van der Waals surface area contributed by atoms with Gasteiger partial charge in [0.2, 0.25) is 0 Å². The van der Waals surface area contributed by atoms with Crippen LogP contribution in [0, 0.1) is 5.92 Å². The number of primary amides is 1. The zero-order valence-electron chi connectivity index (χ0n) is 10.9. The lowest BCUT2D eigenvalue weighted by Crippen LogP contribution is -2.34. The van der Waals surface area contributed by atoms with Crippen LogP contribution in [0.25, 0.3) is 0 Å². The Hall–Kier alpha value is -0.920. The van der Waals surface area contributed by atoms with Crippen LogP contribution < -0.4 is 16.4 Å². The van der Waals surface area contributed by atoms with Gasteiger partial charge in [0.15, 0.2) is 0 Å². The number of piperidine rings is 1. The first kappa shape index (κ1) is 14.5. The van der Waals surface area contributed by atoms with E-state index in [4.69, 9.17) is 16.6 Å². The van der Waals surface area contributed by atoms with Gasteiger partial charge in [0.25, 0.3) is 5.91 Å². The molecule has 1 saturated heterocycles. The molecule has 1 amide bonds. The van der Waals surface area contributed by atoms with E-state index in [-0.39, 0.29) is 6.61 Å². The summed E-state index contributed by atoms with van der Waals surface area (Å²) in [6, 6.07) is 0. The van der Waals surface area contributed by atoms with Crippen molar-refractivity contribution in [2.75, 3.05) is 36.6 Å². The van der Waals surface area contributed by atoms with E-state index < -0.39 is 5.91 Å². The molecule has 19 heavy (non-hydrogen) atoms. The molecule has 1 aliphatic rings. The van der Waals surface area contributed by atoms with Crippen molar-refractivity contribution in [3.63, 3.8) is 0 Å². The molecule has 2 rings (SSSR count). The highest BCUT2D eigenvalue weighted by Crippen LogP contribution is 2.44. The Labute approximate surface area is 121 Å². The van der Waals surface area contributed by atoms with Crippen molar-refractivity contribution in [1.82, 2.24) is 0 Å². The molecule has 5 nitrogen and oxygen atoms in total.